The van der Waals surface area contributed by atoms with Crippen molar-refractivity contribution in [3.63, 3.8) is 0 Å². The van der Waals surface area contributed by atoms with Crippen molar-refractivity contribution < 1.29 is 0 Å². The van der Waals surface area contributed by atoms with Crippen LogP contribution in [0, 0.1) is 11.5 Å². The first kappa shape index (κ1) is 14.7. The highest BCUT2D eigenvalue weighted by Crippen LogP contribution is 2.43. The summed E-state index contributed by atoms with van der Waals surface area (Å²) < 4.78 is 3.29. The SMILES string of the molecule is CC(C)c1c(N2C=NC3c4ccccc4-n4cncc4N32)nnn1C#N. The van der Waals surface area contributed by atoms with Gasteiger partial charge in [0.1, 0.15) is 18.4 Å². The minimum atomic E-state index is -0.206. The molecule has 0 amide bonds. The van der Waals surface area contributed by atoms with Crippen LogP contribution in [0.4, 0.5) is 11.6 Å². The van der Waals surface area contributed by atoms with Crippen molar-refractivity contribution in [1.82, 2.24) is 24.5 Å². The number of nitriles is 1. The van der Waals surface area contributed by atoms with E-state index < -0.39 is 0 Å². The molecule has 1 unspecified atom stereocenters. The predicted molar refractivity (Wildman–Crippen MR) is 94.9 cm³/mol. The van der Waals surface area contributed by atoms with Crippen LogP contribution in [0.5, 0.6) is 0 Å². The van der Waals surface area contributed by atoms with Gasteiger partial charge in [0.05, 0.1) is 11.9 Å². The van der Waals surface area contributed by atoms with Crippen molar-refractivity contribution in [2.24, 2.45) is 4.99 Å². The van der Waals surface area contributed by atoms with Gasteiger partial charge in [-0.2, -0.15) is 5.26 Å². The molecule has 0 saturated heterocycles. The van der Waals surface area contributed by atoms with E-state index in [0.29, 0.717) is 5.82 Å². The van der Waals surface area contributed by atoms with Crippen LogP contribution in [0.3, 0.4) is 0 Å². The molecule has 9 nitrogen and oxygen atoms in total. The standard InChI is InChI=1S/C17H15N9/c1-11(2)15-17(21-22-24(15)8-18)25-10-20-16-12-5-3-4-6-13(12)23-9-19-7-14(23)26(16)25/h3-7,9-11,16H,1-2H3. The Hall–Kier alpha value is -3.67. The van der Waals surface area contributed by atoms with E-state index in [1.807, 2.05) is 40.6 Å². The maximum absolute atomic E-state index is 9.34. The number of hydrogen-bond donors (Lipinski definition) is 0. The van der Waals surface area contributed by atoms with E-state index in [2.05, 4.69) is 33.6 Å². The van der Waals surface area contributed by atoms with Gasteiger partial charge in [0, 0.05) is 11.5 Å². The molecule has 1 aromatic carbocycles. The summed E-state index contributed by atoms with van der Waals surface area (Å²) in [7, 11) is 0. The Kier molecular flexibility index (Phi) is 2.91. The van der Waals surface area contributed by atoms with E-state index >= 15 is 0 Å². The van der Waals surface area contributed by atoms with Crippen molar-refractivity contribution in [2.75, 3.05) is 10.0 Å². The summed E-state index contributed by atoms with van der Waals surface area (Å²) in [4.78, 5) is 9.01. The minimum absolute atomic E-state index is 0.0779. The zero-order chi connectivity index (χ0) is 17.8. The third-order valence-electron chi connectivity index (χ3n) is 4.65. The number of rotatable bonds is 2. The van der Waals surface area contributed by atoms with Crippen LogP contribution in [0.15, 0.2) is 41.8 Å². The van der Waals surface area contributed by atoms with Crippen LogP contribution < -0.4 is 10.0 Å². The highest BCUT2D eigenvalue weighted by atomic mass is 15.7. The van der Waals surface area contributed by atoms with Crippen molar-refractivity contribution >= 4 is 18.0 Å². The number of fused-ring (bicyclic) bond motifs is 6. The third kappa shape index (κ3) is 1.78. The molecule has 1 atom stereocenters. The second-order valence-electron chi connectivity index (χ2n) is 6.47. The molecule has 0 radical (unpaired) electrons. The van der Waals surface area contributed by atoms with Gasteiger partial charge in [0.25, 0.3) is 0 Å². The maximum Gasteiger partial charge on any atom is 0.208 e. The lowest BCUT2D eigenvalue weighted by Gasteiger charge is -2.37. The van der Waals surface area contributed by atoms with Crippen LogP contribution in [0.2, 0.25) is 0 Å². The van der Waals surface area contributed by atoms with Gasteiger partial charge in [0.15, 0.2) is 17.8 Å². The van der Waals surface area contributed by atoms with Gasteiger partial charge >= 0.3 is 0 Å². The summed E-state index contributed by atoms with van der Waals surface area (Å²) in [6.45, 7) is 4.02. The molecule has 3 aromatic rings. The molecular weight excluding hydrogens is 330 g/mol. The number of anilines is 2. The second kappa shape index (κ2) is 5.16. The Labute approximate surface area is 149 Å². The number of imidazole rings is 1. The summed E-state index contributed by atoms with van der Waals surface area (Å²) in [5, 5.41) is 21.4. The third-order valence-corrected chi connectivity index (χ3v) is 4.65. The van der Waals surface area contributed by atoms with E-state index in [1.165, 1.54) is 4.68 Å². The molecule has 0 saturated carbocycles. The normalized spacial score (nSPS) is 17.2. The van der Waals surface area contributed by atoms with E-state index in [9.17, 15) is 5.26 Å². The van der Waals surface area contributed by atoms with Crippen LogP contribution in [-0.2, 0) is 0 Å². The number of aliphatic imine (C=N–C) groups is 1. The fourth-order valence-corrected chi connectivity index (χ4v) is 3.56. The van der Waals surface area contributed by atoms with Crippen LogP contribution in [-0.4, -0.2) is 30.9 Å². The van der Waals surface area contributed by atoms with Gasteiger partial charge in [-0.15, -0.1) is 9.78 Å². The minimum Gasteiger partial charge on any atom is -0.284 e. The number of aromatic nitrogens is 5. The molecule has 9 heteroatoms. The number of benzene rings is 1. The quantitative estimate of drug-likeness (QED) is 0.707. The Morgan fingerprint density at radius 2 is 2.08 bits per heavy atom. The Bertz CT molecular complexity index is 1070. The maximum atomic E-state index is 9.34. The van der Waals surface area contributed by atoms with Gasteiger partial charge in [0.2, 0.25) is 6.19 Å². The van der Waals surface area contributed by atoms with Crippen molar-refractivity contribution in [2.45, 2.75) is 25.9 Å². The second-order valence-corrected chi connectivity index (χ2v) is 6.47. The Balaban J connectivity index is 1.69. The lowest BCUT2D eigenvalue weighted by atomic mass is 10.1. The molecule has 5 rings (SSSR count). The molecule has 2 aliphatic rings. The molecule has 26 heavy (non-hydrogen) atoms. The molecule has 0 fully saturated rings. The highest BCUT2D eigenvalue weighted by molar-refractivity contribution is 5.87. The summed E-state index contributed by atoms with van der Waals surface area (Å²) in [5.41, 5.74) is 2.88. The van der Waals surface area contributed by atoms with Crippen molar-refractivity contribution in [1.29, 1.82) is 5.26 Å². The van der Waals surface area contributed by atoms with E-state index in [4.69, 9.17) is 4.99 Å². The smallest absolute Gasteiger partial charge is 0.208 e. The van der Waals surface area contributed by atoms with Gasteiger partial charge in [-0.1, -0.05) is 37.3 Å². The van der Waals surface area contributed by atoms with Crippen molar-refractivity contribution in [3.05, 3.63) is 48.0 Å². The summed E-state index contributed by atoms with van der Waals surface area (Å²) in [6, 6.07) is 8.13. The average Bonchev–Trinajstić information content (AvgIpc) is 3.37. The molecule has 2 aromatic heterocycles. The van der Waals surface area contributed by atoms with Gasteiger partial charge in [-0.25, -0.2) is 20.0 Å². The molecular formula is C17H15N9. The number of nitrogens with zero attached hydrogens (tertiary/aromatic N) is 9. The average molecular weight is 345 g/mol. The summed E-state index contributed by atoms with van der Waals surface area (Å²) >= 11 is 0. The summed E-state index contributed by atoms with van der Waals surface area (Å²) in [5.74, 6) is 1.56. The van der Waals surface area contributed by atoms with Crippen LogP contribution in [0.25, 0.3) is 5.69 Å². The van der Waals surface area contributed by atoms with Gasteiger partial charge < -0.3 is 0 Å². The number of hydrogen-bond acceptors (Lipinski definition) is 7. The van der Waals surface area contributed by atoms with E-state index in [-0.39, 0.29) is 12.1 Å². The van der Waals surface area contributed by atoms with Crippen LogP contribution in [0.1, 0.15) is 37.2 Å². The largest absolute Gasteiger partial charge is 0.284 e. The fourth-order valence-electron chi connectivity index (χ4n) is 3.56. The Morgan fingerprint density at radius 3 is 2.88 bits per heavy atom. The number of hydrazine groups is 1. The van der Waals surface area contributed by atoms with E-state index in [1.54, 1.807) is 18.9 Å². The van der Waals surface area contributed by atoms with Gasteiger partial charge in [-0.05, 0) is 6.07 Å². The summed E-state index contributed by atoms with van der Waals surface area (Å²) in [6.07, 6.45) is 7.18. The lowest BCUT2D eigenvalue weighted by Crippen LogP contribution is -2.43. The molecule has 0 spiro atoms. The van der Waals surface area contributed by atoms with Crippen molar-refractivity contribution in [3.8, 4) is 11.9 Å². The lowest BCUT2D eigenvalue weighted by molar-refractivity contribution is 0.655. The molecule has 4 heterocycles. The topological polar surface area (TPSA) is 91.2 Å². The zero-order valence-electron chi connectivity index (χ0n) is 14.2. The zero-order valence-corrected chi connectivity index (χ0v) is 14.2. The van der Waals surface area contributed by atoms with Crippen LogP contribution >= 0.6 is 0 Å². The first-order chi connectivity index (χ1) is 12.7. The van der Waals surface area contributed by atoms with E-state index in [0.717, 1.165) is 22.8 Å². The molecule has 128 valence electrons. The first-order valence-corrected chi connectivity index (χ1v) is 8.29. The molecule has 2 aliphatic heterocycles. The predicted octanol–water partition coefficient (Wildman–Crippen LogP) is 2.20. The molecule has 0 bridgehead atoms. The Morgan fingerprint density at radius 1 is 1.23 bits per heavy atom. The molecule has 0 aliphatic carbocycles. The monoisotopic (exact) mass is 345 g/mol. The highest BCUT2D eigenvalue weighted by Gasteiger charge is 2.40. The number of para-hydroxylation sites is 1. The first-order valence-electron chi connectivity index (χ1n) is 8.29. The fraction of sp³-hybridized carbons (Fsp3) is 0.235. The molecule has 0 N–H and O–H groups in total. The van der Waals surface area contributed by atoms with Gasteiger partial charge in [-0.3, -0.25) is 4.57 Å².